The summed E-state index contributed by atoms with van der Waals surface area (Å²) in [6.07, 6.45) is 4.46. The molecule has 1 aliphatic rings. The number of hydrogen-bond acceptors (Lipinski definition) is 6. The second-order valence-electron chi connectivity index (χ2n) is 6.58. The Labute approximate surface area is 154 Å². The van der Waals surface area contributed by atoms with Gasteiger partial charge < -0.3 is 19.7 Å². The molecule has 1 aliphatic heterocycles. The lowest BCUT2D eigenvalue weighted by atomic mass is 9.85. The number of aliphatic hydroxyl groups excluding tert-OH is 1. The van der Waals surface area contributed by atoms with Crippen LogP contribution >= 0.6 is 0 Å². The van der Waals surface area contributed by atoms with Crippen LogP contribution in [0.5, 0.6) is 11.5 Å². The normalized spacial score (nSPS) is 18.3. The molecular formula is C20H26N2O4. The predicted octanol–water partition coefficient (Wildman–Crippen LogP) is 2.16. The standard InChI is InChI=1S/C20H26N2O4/c1-25-17-6-2-3-7-18(17)26-14-8-19(23)22-12-9-20(24,10-13-22)16-5-4-11-21-15-16/h2-7,11,15,19,23-24H,8-10,12-14H2,1H3. The molecule has 1 fully saturated rings. The minimum atomic E-state index is -0.863. The van der Waals surface area contributed by atoms with E-state index in [4.69, 9.17) is 9.47 Å². The third kappa shape index (κ3) is 4.33. The number of likely N-dealkylation sites (tertiary alicyclic amines) is 1. The zero-order valence-electron chi connectivity index (χ0n) is 15.0. The highest BCUT2D eigenvalue weighted by Crippen LogP contribution is 2.33. The fourth-order valence-electron chi connectivity index (χ4n) is 3.31. The zero-order valence-corrected chi connectivity index (χ0v) is 15.0. The maximum atomic E-state index is 10.8. The Bertz CT molecular complexity index is 687. The molecule has 1 saturated heterocycles. The van der Waals surface area contributed by atoms with Gasteiger partial charge in [0.2, 0.25) is 0 Å². The minimum Gasteiger partial charge on any atom is -0.493 e. The van der Waals surface area contributed by atoms with Crippen LogP contribution in [-0.4, -0.2) is 53.1 Å². The number of para-hydroxylation sites is 2. The Morgan fingerprint density at radius 3 is 2.54 bits per heavy atom. The summed E-state index contributed by atoms with van der Waals surface area (Å²) in [6, 6.07) is 11.2. The van der Waals surface area contributed by atoms with Gasteiger partial charge in [0, 0.05) is 37.5 Å². The van der Waals surface area contributed by atoms with Crippen molar-refractivity contribution in [3.8, 4) is 11.5 Å². The molecule has 2 heterocycles. The molecule has 1 aromatic carbocycles. The van der Waals surface area contributed by atoms with Crippen LogP contribution in [-0.2, 0) is 5.60 Å². The highest BCUT2D eigenvalue weighted by Gasteiger charge is 2.35. The van der Waals surface area contributed by atoms with Gasteiger partial charge in [0.25, 0.3) is 0 Å². The first kappa shape index (κ1) is 18.6. The van der Waals surface area contributed by atoms with Gasteiger partial charge in [-0.05, 0) is 31.0 Å². The summed E-state index contributed by atoms with van der Waals surface area (Å²) in [5.41, 5.74) is -0.0214. The fourth-order valence-corrected chi connectivity index (χ4v) is 3.31. The van der Waals surface area contributed by atoms with Gasteiger partial charge in [-0.3, -0.25) is 9.88 Å². The van der Waals surface area contributed by atoms with Gasteiger partial charge in [0.1, 0.15) is 6.23 Å². The summed E-state index contributed by atoms with van der Waals surface area (Å²) < 4.78 is 11.0. The van der Waals surface area contributed by atoms with Crippen molar-refractivity contribution in [2.24, 2.45) is 0 Å². The van der Waals surface area contributed by atoms with E-state index in [9.17, 15) is 10.2 Å². The molecule has 26 heavy (non-hydrogen) atoms. The molecule has 140 valence electrons. The van der Waals surface area contributed by atoms with Crippen molar-refractivity contribution in [1.82, 2.24) is 9.88 Å². The van der Waals surface area contributed by atoms with E-state index in [0.717, 1.165) is 5.56 Å². The number of pyridine rings is 1. The van der Waals surface area contributed by atoms with E-state index in [1.807, 2.05) is 41.3 Å². The lowest BCUT2D eigenvalue weighted by molar-refractivity contribution is -0.0820. The summed E-state index contributed by atoms with van der Waals surface area (Å²) in [5, 5.41) is 21.3. The average molecular weight is 358 g/mol. The number of aliphatic hydroxyl groups is 2. The van der Waals surface area contributed by atoms with E-state index in [0.29, 0.717) is 50.5 Å². The number of rotatable bonds is 7. The smallest absolute Gasteiger partial charge is 0.161 e. The topological polar surface area (TPSA) is 75.0 Å². The van der Waals surface area contributed by atoms with E-state index < -0.39 is 11.8 Å². The SMILES string of the molecule is COc1ccccc1OCCC(O)N1CCC(O)(c2cccnc2)CC1. The van der Waals surface area contributed by atoms with E-state index in [-0.39, 0.29) is 0 Å². The third-order valence-electron chi connectivity index (χ3n) is 4.95. The highest BCUT2D eigenvalue weighted by atomic mass is 16.5. The van der Waals surface area contributed by atoms with Crippen LogP contribution in [0.25, 0.3) is 0 Å². The molecule has 0 amide bonds. The van der Waals surface area contributed by atoms with E-state index in [1.165, 1.54) is 0 Å². The molecule has 3 rings (SSSR count). The van der Waals surface area contributed by atoms with E-state index >= 15 is 0 Å². The van der Waals surface area contributed by atoms with Crippen molar-refractivity contribution in [3.05, 3.63) is 54.4 Å². The van der Waals surface area contributed by atoms with Crippen LogP contribution in [0.2, 0.25) is 0 Å². The van der Waals surface area contributed by atoms with Gasteiger partial charge in [-0.15, -0.1) is 0 Å². The van der Waals surface area contributed by atoms with Gasteiger partial charge in [-0.2, -0.15) is 0 Å². The number of ether oxygens (including phenoxy) is 2. The second kappa shape index (κ2) is 8.49. The molecule has 1 atom stereocenters. The van der Waals surface area contributed by atoms with Crippen molar-refractivity contribution < 1.29 is 19.7 Å². The van der Waals surface area contributed by atoms with Gasteiger partial charge in [0.05, 0.1) is 19.3 Å². The molecule has 0 aliphatic carbocycles. The largest absolute Gasteiger partial charge is 0.493 e. The minimum absolute atomic E-state index is 0.394. The molecule has 1 unspecified atom stereocenters. The highest BCUT2D eigenvalue weighted by molar-refractivity contribution is 5.39. The number of aromatic nitrogens is 1. The molecule has 0 radical (unpaired) electrons. The van der Waals surface area contributed by atoms with Crippen LogP contribution in [0.4, 0.5) is 0 Å². The molecule has 2 N–H and O–H groups in total. The van der Waals surface area contributed by atoms with Gasteiger partial charge in [0.15, 0.2) is 11.5 Å². The van der Waals surface area contributed by atoms with Crippen LogP contribution in [0.1, 0.15) is 24.8 Å². The Hall–Kier alpha value is -2.15. The Kier molecular flexibility index (Phi) is 6.08. The summed E-state index contributed by atoms with van der Waals surface area (Å²) in [7, 11) is 1.61. The van der Waals surface area contributed by atoms with Gasteiger partial charge in [-0.25, -0.2) is 0 Å². The lowest BCUT2D eigenvalue weighted by Gasteiger charge is -2.40. The average Bonchev–Trinajstić information content (AvgIpc) is 2.69. The monoisotopic (exact) mass is 358 g/mol. The lowest BCUT2D eigenvalue weighted by Crippen LogP contribution is -2.47. The zero-order chi connectivity index (χ0) is 18.4. The summed E-state index contributed by atoms with van der Waals surface area (Å²) in [6.45, 7) is 1.65. The predicted molar refractivity (Wildman–Crippen MR) is 98.1 cm³/mol. The number of methoxy groups -OCH3 is 1. The first-order chi connectivity index (χ1) is 12.6. The number of nitrogens with zero attached hydrogens (tertiary/aromatic N) is 2. The summed E-state index contributed by atoms with van der Waals surface area (Å²) in [4.78, 5) is 6.08. The number of hydrogen-bond donors (Lipinski definition) is 2. The summed E-state index contributed by atoms with van der Waals surface area (Å²) >= 11 is 0. The number of benzene rings is 1. The Balaban J connectivity index is 1.47. The molecule has 6 nitrogen and oxygen atoms in total. The second-order valence-corrected chi connectivity index (χ2v) is 6.58. The Morgan fingerprint density at radius 1 is 1.15 bits per heavy atom. The van der Waals surface area contributed by atoms with Crippen molar-refractivity contribution in [3.63, 3.8) is 0 Å². The maximum absolute atomic E-state index is 10.8. The van der Waals surface area contributed by atoms with Crippen LogP contribution in [0.3, 0.4) is 0 Å². The first-order valence-corrected chi connectivity index (χ1v) is 8.93. The van der Waals surface area contributed by atoms with Crippen molar-refractivity contribution in [2.45, 2.75) is 31.1 Å². The van der Waals surface area contributed by atoms with Crippen LogP contribution in [0.15, 0.2) is 48.8 Å². The molecule has 2 aromatic rings. The molecule has 1 aromatic heterocycles. The fraction of sp³-hybridized carbons (Fsp3) is 0.450. The molecule has 0 bridgehead atoms. The third-order valence-corrected chi connectivity index (χ3v) is 4.95. The summed E-state index contributed by atoms with van der Waals surface area (Å²) in [5.74, 6) is 1.35. The van der Waals surface area contributed by atoms with Gasteiger partial charge in [-0.1, -0.05) is 18.2 Å². The quantitative estimate of drug-likeness (QED) is 0.790. The van der Waals surface area contributed by atoms with Crippen LogP contribution < -0.4 is 9.47 Å². The molecule has 0 saturated carbocycles. The van der Waals surface area contributed by atoms with Crippen molar-refractivity contribution >= 4 is 0 Å². The Morgan fingerprint density at radius 2 is 1.88 bits per heavy atom. The maximum Gasteiger partial charge on any atom is 0.161 e. The molecule has 6 heteroatoms. The van der Waals surface area contributed by atoms with E-state index in [2.05, 4.69) is 4.98 Å². The van der Waals surface area contributed by atoms with Crippen molar-refractivity contribution in [2.75, 3.05) is 26.8 Å². The first-order valence-electron chi connectivity index (χ1n) is 8.93. The molecular weight excluding hydrogens is 332 g/mol. The van der Waals surface area contributed by atoms with Crippen molar-refractivity contribution in [1.29, 1.82) is 0 Å². The van der Waals surface area contributed by atoms with Crippen LogP contribution in [0, 0.1) is 0 Å². The number of piperidine rings is 1. The van der Waals surface area contributed by atoms with E-state index in [1.54, 1.807) is 19.5 Å². The van der Waals surface area contributed by atoms with Gasteiger partial charge >= 0.3 is 0 Å². The molecule has 0 spiro atoms.